The Morgan fingerprint density at radius 1 is 1.12 bits per heavy atom. The SMILES string of the molecule is OCc1cncc(N2Cc3ccccc3C2)n1. The fourth-order valence-corrected chi connectivity index (χ4v) is 2.12. The molecule has 1 aliphatic rings. The van der Waals surface area contributed by atoms with E-state index in [-0.39, 0.29) is 6.61 Å². The molecule has 1 aromatic heterocycles. The molecule has 0 radical (unpaired) electrons. The summed E-state index contributed by atoms with van der Waals surface area (Å²) < 4.78 is 0. The third kappa shape index (κ3) is 1.87. The van der Waals surface area contributed by atoms with E-state index in [1.165, 1.54) is 11.1 Å². The van der Waals surface area contributed by atoms with Gasteiger partial charge in [0.25, 0.3) is 0 Å². The number of aromatic nitrogens is 2. The summed E-state index contributed by atoms with van der Waals surface area (Å²) in [4.78, 5) is 10.6. The number of aliphatic hydroxyl groups is 1. The van der Waals surface area contributed by atoms with Crippen molar-refractivity contribution in [1.82, 2.24) is 9.97 Å². The molecule has 4 nitrogen and oxygen atoms in total. The molecule has 86 valence electrons. The molecular formula is C13H13N3O. The zero-order chi connectivity index (χ0) is 11.7. The van der Waals surface area contributed by atoms with Crippen molar-refractivity contribution in [1.29, 1.82) is 0 Å². The quantitative estimate of drug-likeness (QED) is 0.844. The topological polar surface area (TPSA) is 49.3 Å². The van der Waals surface area contributed by atoms with Crippen LogP contribution < -0.4 is 4.90 Å². The van der Waals surface area contributed by atoms with E-state index in [2.05, 4.69) is 39.1 Å². The van der Waals surface area contributed by atoms with Crippen LogP contribution in [0.2, 0.25) is 0 Å². The summed E-state index contributed by atoms with van der Waals surface area (Å²) in [5, 5.41) is 9.06. The summed E-state index contributed by atoms with van der Waals surface area (Å²) in [7, 11) is 0. The van der Waals surface area contributed by atoms with Crippen molar-refractivity contribution in [3.8, 4) is 0 Å². The Labute approximate surface area is 99.6 Å². The van der Waals surface area contributed by atoms with Gasteiger partial charge < -0.3 is 10.0 Å². The number of anilines is 1. The molecule has 0 saturated carbocycles. The van der Waals surface area contributed by atoms with Gasteiger partial charge in [-0.05, 0) is 11.1 Å². The Morgan fingerprint density at radius 3 is 2.47 bits per heavy atom. The smallest absolute Gasteiger partial charge is 0.148 e. The van der Waals surface area contributed by atoms with Gasteiger partial charge >= 0.3 is 0 Å². The summed E-state index contributed by atoms with van der Waals surface area (Å²) in [6, 6.07) is 8.38. The first-order chi connectivity index (χ1) is 8.36. The van der Waals surface area contributed by atoms with E-state index < -0.39 is 0 Å². The first kappa shape index (κ1) is 10.2. The maximum absolute atomic E-state index is 9.06. The van der Waals surface area contributed by atoms with Crippen LogP contribution in [0.15, 0.2) is 36.7 Å². The van der Waals surface area contributed by atoms with E-state index >= 15 is 0 Å². The summed E-state index contributed by atoms with van der Waals surface area (Å²) in [6.07, 6.45) is 3.33. The zero-order valence-corrected chi connectivity index (χ0v) is 9.37. The summed E-state index contributed by atoms with van der Waals surface area (Å²) in [6.45, 7) is 1.65. The molecule has 2 heterocycles. The van der Waals surface area contributed by atoms with Gasteiger partial charge in [-0.15, -0.1) is 0 Å². The van der Waals surface area contributed by atoms with Gasteiger partial charge in [-0.2, -0.15) is 0 Å². The van der Waals surface area contributed by atoms with Crippen LogP contribution in [0, 0.1) is 0 Å². The Morgan fingerprint density at radius 2 is 1.82 bits per heavy atom. The van der Waals surface area contributed by atoms with E-state index in [1.807, 2.05) is 0 Å². The van der Waals surface area contributed by atoms with E-state index in [1.54, 1.807) is 12.4 Å². The first-order valence-electron chi connectivity index (χ1n) is 5.60. The van der Waals surface area contributed by atoms with Crippen LogP contribution in [0.3, 0.4) is 0 Å². The molecule has 0 aliphatic carbocycles. The second-order valence-corrected chi connectivity index (χ2v) is 4.15. The highest BCUT2D eigenvalue weighted by atomic mass is 16.3. The van der Waals surface area contributed by atoms with Crippen LogP contribution in [0.25, 0.3) is 0 Å². The van der Waals surface area contributed by atoms with Crippen molar-refractivity contribution in [3.05, 3.63) is 53.5 Å². The van der Waals surface area contributed by atoms with Gasteiger partial charge in [-0.3, -0.25) is 4.98 Å². The highest BCUT2D eigenvalue weighted by molar-refractivity contribution is 5.46. The van der Waals surface area contributed by atoms with Gasteiger partial charge in [0.05, 0.1) is 24.7 Å². The molecule has 0 unspecified atom stereocenters. The first-order valence-corrected chi connectivity index (χ1v) is 5.60. The van der Waals surface area contributed by atoms with Crippen LogP contribution >= 0.6 is 0 Å². The van der Waals surface area contributed by atoms with Crippen molar-refractivity contribution >= 4 is 5.82 Å². The summed E-state index contributed by atoms with van der Waals surface area (Å²) in [5.41, 5.74) is 3.28. The van der Waals surface area contributed by atoms with Gasteiger partial charge in [0.1, 0.15) is 5.82 Å². The van der Waals surface area contributed by atoms with E-state index in [0.717, 1.165) is 18.9 Å². The fraction of sp³-hybridized carbons (Fsp3) is 0.231. The van der Waals surface area contributed by atoms with E-state index in [4.69, 9.17) is 5.11 Å². The summed E-state index contributed by atoms with van der Waals surface area (Å²) >= 11 is 0. The molecule has 1 aromatic carbocycles. The van der Waals surface area contributed by atoms with Crippen molar-refractivity contribution in [2.45, 2.75) is 19.7 Å². The number of hydrogen-bond acceptors (Lipinski definition) is 4. The van der Waals surface area contributed by atoms with Crippen molar-refractivity contribution in [2.24, 2.45) is 0 Å². The molecule has 17 heavy (non-hydrogen) atoms. The van der Waals surface area contributed by atoms with Crippen LogP contribution in [0.4, 0.5) is 5.82 Å². The highest BCUT2D eigenvalue weighted by Gasteiger charge is 2.19. The van der Waals surface area contributed by atoms with Crippen LogP contribution in [-0.2, 0) is 19.7 Å². The van der Waals surface area contributed by atoms with Gasteiger partial charge in [0, 0.05) is 13.1 Å². The number of fused-ring (bicyclic) bond motifs is 1. The lowest BCUT2D eigenvalue weighted by Gasteiger charge is -2.16. The van der Waals surface area contributed by atoms with Gasteiger partial charge in [0.2, 0.25) is 0 Å². The summed E-state index contributed by atoms with van der Waals surface area (Å²) in [5.74, 6) is 0.827. The predicted octanol–water partition coefficient (Wildman–Crippen LogP) is 1.49. The van der Waals surface area contributed by atoms with Gasteiger partial charge in [0.15, 0.2) is 0 Å². The number of aliphatic hydroxyl groups excluding tert-OH is 1. The molecule has 0 fully saturated rings. The lowest BCUT2D eigenvalue weighted by molar-refractivity contribution is 0.276. The second-order valence-electron chi connectivity index (χ2n) is 4.15. The minimum Gasteiger partial charge on any atom is -0.390 e. The molecule has 1 N–H and O–H groups in total. The molecule has 4 heteroatoms. The average molecular weight is 227 g/mol. The standard InChI is InChI=1S/C13H13N3O/c17-9-12-5-14-6-13(15-12)16-7-10-3-1-2-4-11(10)8-16/h1-6,17H,7-9H2. The van der Waals surface area contributed by atoms with Gasteiger partial charge in [-0.25, -0.2) is 4.98 Å². The molecular weight excluding hydrogens is 214 g/mol. The highest BCUT2D eigenvalue weighted by Crippen LogP contribution is 2.26. The number of rotatable bonds is 2. The van der Waals surface area contributed by atoms with Gasteiger partial charge in [-0.1, -0.05) is 24.3 Å². The molecule has 2 aromatic rings. The fourth-order valence-electron chi connectivity index (χ4n) is 2.12. The van der Waals surface area contributed by atoms with Crippen LogP contribution in [-0.4, -0.2) is 15.1 Å². The minimum absolute atomic E-state index is 0.0678. The second kappa shape index (κ2) is 4.14. The third-order valence-corrected chi connectivity index (χ3v) is 3.00. The lowest BCUT2D eigenvalue weighted by atomic mass is 10.1. The van der Waals surface area contributed by atoms with E-state index in [9.17, 15) is 0 Å². The number of nitrogens with zero attached hydrogens (tertiary/aromatic N) is 3. The maximum Gasteiger partial charge on any atom is 0.148 e. The molecule has 3 rings (SSSR count). The van der Waals surface area contributed by atoms with Crippen LogP contribution in [0.5, 0.6) is 0 Å². The lowest BCUT2D eigenvalue weighted by Crippen LogP contribution is -2.16. The van der Waals surface area contributed by atoms with Crippen LogP contribution in [0.1, 0.15) is 16.8 Å². The van der Waals surface area contributed by atoms with Crippen molar-refractivity contribution in [3.63, 3.8) is 0 Å². The van der Waals surface area contributed by atoms with Crippen molar-refractivity contribution < 1.29 is 5.11 Å². The zero-order valence-electron chi connectivity index (χ0n) is 9.37. The number of benzene rings is 1. The Hall–Kier alpha value is -1.94. The molecule has 0 atom stereocenters. The average Bonchev–Trinajstić information content (AvgIpc) is 2.82. The Kier molecular flexibility index (Phi) is 2.49. The molecule has 0 amide bonds. The third-order valence-electron chi connectivity index (χ3n) is 3.00. The largest absolute Gasteiger partial charge is 0.390 e. The predicted molar refractivity (Wildman–Crippen MR) is 64.3 cm³/mol. The molecule has 1 aliphatic heterocycles. The normalized spacial score (nSPS) is 13.8. The van der Waals surface area contributed by atoms with E-state index in [0.29, 0.717) is 5.69 Å². The monoisotopic (exact) mass is 227 g/mol. The molecule has 0 bridgehead atoms. The maximum atomic E-state index is 9.06. The molecule has 0 spiro atoms. The van der Waals surface area contributed by atoms with Crippen molar-refractivity contribution in [2.75, 3.05) is 4.90 Å². The Bertz CT molecular complexity index is 517. The Balaban J connectivity index is 1.88. The minimum atomic E-state index is -0.0678. The molecule has 0 saturated heterocycles. The number of hydrogen-bond donors (Lipinski definition) is 1.